The van der Waals surface area contributed by atoms with Crippen molar-refractivity contribution in [2.24, 2.45) is 0 Å². The van der Waals surface area contributed by atoms with Crippen molar-refractivity contribution in [3.63, 3.8) is 0 Å². The summed E-state index contributed by atoms with van der Waals surface area (Å²) >= 11 is 0. The van der Waals surface area contributed by atoms with Crippen LogP contribution in [0.15, 0.2) is 30.3 Å². The highest BCUT2D eigenvalue weighted by Gasteiger charge is 2.02. The maximum atomic E-state index is 11.4. The van der Waals surface area contributed by atoms with E-state index in [1.807, 2.05) is 31.2 Å². The number of hydrogen-bond donors (Lipinski definition) is 0. The first-order valence-corrected chi connectivity index (χ1v) is 12.2. The van der Waals surface area contributed by atoms with E-state index in [9.17, 15) is 4.79 Å². The maximum Gasteiger partial charge on any atom is 0.330 e. The molecular formula is C27H44O3. The Labute approximate surface area is 185 Å². The normalized spacial score (nSPS) is 11.5. The van der Waals surface area contributed by atoms with Gasteiger partial charge in [0.1, 0.15) is 5.75 Å². The zero-order valence-corrected chi connectivity index (χ0v) is 19.7. The molecule has 0 aliphatic carbocycles. The minimum absolute atomic E-state index is 0.332. The number of carbonyl (C=O) groups excluding carboxylic acids is 1. The first-order chi connectivity index (χ1) is 14.7. The highest BCUT2D eigenvalue weighted by Crippen LogP contribution is 2.20. The number of esters is 1. The van der Waals surface area contributed by atoms with Crippen LogP contribution in [0.3, 0.4) is 0 Å². The van der Waals surface area contributed by atoms with E-state index in [0.29, 0.717) is 0 Å². The van der Waals surface area contributed by atoms with E-state index < -0.39 is 0 Å². The largest absolute Gasteiger partial charge is 0.494 e. The average molecular weight is 417 g/mol. The van der Waals surface area contributed by atoms with E-state index in [0.717, 1.165) is 29.9 Å². The van der Waals surface area contributed by atoms with Crippen molar-refractivity contribution in [2.75, 3.05) is 13.7 Å². The molecule has 170 valence electrons. The Bertz CT molecular complexity index is 592. The molecule has 0 fully saturated rings. The monoisotopic (exact) mass is 416 g/mol. The summed E-state index contributed by atoms with van der Waals surface area (Å²) in [4.78, 5) is 11.4. The Morgan fingerprint density at radius 3 is 1.90 bits per heavy atom. The van der Waals surface area contributed by atoms with Crippen molar-refractivity contribution >= 4 is 11.5 Å². The second-order valence-electron chi connectivity index (χ2n) is 8.32. The van der Waals surface area contributed by atoms with Gasteiger partial charge in [-0.15, -0.1) is 0 Å². The minimum atomic E-state index is -0.332. The molecule has 0 atom stereocenters. The molecule has 30 heavy (non-hydrogen) atoms. The van der Waals surface area contributed by atoms with Gasteiger partial charge in [-0.25, -0.2) is 4.79 Å². The molecule has 0 saturated carbocycles. The summed E-state index contributed by atoms with van der Waals surface area (Å²) in [5, 5.41) is 0. The van der Waals surface area contributed by atoms with Gasteiger partial charge in [0.15, 0.2) is 0 Å². The number of carbonyl (C=O) groups is 1. The zero-order valence-electron chi connectivity index (χ0n) is 19.7. The molecule has 1 aromatic rings. The Morgan fingerprint density at radius 2 is 1.37 bits per heavy atom. The van der Waals surface area contributed by atoms with Crippen LogP contribution in [-0.2, 0) is 9.53 Å². The molecule has 0 amide bonds. The smallest absolute Gasteiger partial charge is 0.330 e. The standard InChI is InChI=1S/C27H44O3/c1-4-5-6-7-8-9-10-11-12-13-14-15-16-17-21-30-26-20-18-19-25(23-26)24(2)22-27(28)29-3/h18-20,22-23H,4-17,21H2,1-3H3. The summed E-state index contributed by atoms with van der Waals surface area (Å²) < 4.78 is 10.6. The van der Waals surface area contributed by atoms with Crippen LogP contribution >= 0.6 is 0 Å². The van der Waals surface area contributed by atoms with E-state index in [-0.39, 0.29) is 5.97 Å². The summed E-state index contributed by atoms with van der Waals surface area (Å²) in [7, 11) is 1.39. The number of methoxy groups -OCH3 is 1. The molecule has 0 aliphatic rings. The molecule has 3 nitrogen and oxygen atoms in total. The number of hydrogen-bond acceptors (Lipinski definition) is 3. The van der Waals surface area contributed by atoms with Gasteiger partial charge in [0, 0.05) is 6.08 Å². The fourth-order valence-corrected chi connectivity index (χ4v) is 3.64. The van der Waals surface area contributed by atoms with Crippen molar-refractivity contribution in [3.8, 4) is 5.75 Å². The van der Waals surface area contributed by atoms with Crippen LogP contribution in [0.25, 0.3) is 5.57 Å². The summed E-state index contributed by atoms with van der Waals surface area (Å²) in [6, 6.07) is 7.90. The van der Waals surface area contributed by atoms with Gasteiger partial charge in [-0.1, -0.05) is 103 Å². The van der Waals surface area contributed by atoms with Crippen molar-refractivity contribution in [3.05, 3.63) is 35.9 Å². The molecule has 0 spiro atoms. The molecular weight excluding hydrogens is 372 g/mol. The van der Waals surface area contributed by atoms with Crippen LogP contribution < -0.4 is 4.74 Å². The molecule has 0 radical (unpaired) electrons. The minimum Gasteiger partial charge on any atom is -0.494 e. The van der Waals surface area contributed by atoms with E-state index in [4.69, 9.17) is 4.74 Å². The van der Waals surface area contributed by atoms with Crippen molar-refractivity contribution in [1.82, 2.24) is 0 Å². The Balaban J connectivity index is 2.01. The number of rotatable bonds is 18. The van der Waals surface area contributed by atoms with Gasteiger partial charge in [0.2, 0.25) is 0 Å². The topological polar surface area (TPSA) is 35.5 Å². The number of allylic oxidation sites excluding steroid dienone is 1. The molecule has 0 bridgehead atoms. The summed E-state index contributed by atoms with van der Waals surface area (Å²) in [5.74, 6) is 0.529. The zero-order chi connectivity index (χ0) is 21.9. The lowest BCUT2D eigenvalue weighted by Gasteiger charge is -2.08. The highest BCUT2D eigenvalue weighted by atomic mass is 16.5. The van der Waals surface area contributed by atoms with E-state index in [2.05, 4.69) is 11.7 Å². The quantitative estimate of drug-likeness (QED) is 0.138. The van der Waals surface area contributed by atoms with Crippen LogP contribution in [0.5, 0.6) is 5.75 Å². The molecule has 0 N–H and O–H groups in total. The number of unbranched alkanes of at least 4 members (excludes halogenated alkanes) is 13. The van der Waals surface area contributed by atoms with E-state index in [1.165, 1.54) is 96.7 Å². The Hall–Kier alpha value is -1.77. The first-order valence-electron chi connectivity index (χ1n) is 12.2. The van der Waals surface area contributed by atoms with Crippen LogP contribution in [0.2, 0.25) is 0 Å². The van der Waals surface area contributed by atoms with Crippen molar-refractivity contribution in [2.45, 2.75) is 104 Å². The van der Waals surface area contributed by atoms with E-state index in [1.54, 1.807) is 0 Å². The van der Waals surface area contributed by atoms with Crippen LogP contribution in [0.4, 0.5) is 0 Å². The molecule has 0 saturated heterocycles. The first kappa shape index (κ1) is 26.3. The highest BCUT2D eigenvalue weighted by molar-refractivity contribution is 5.90. The van der Waals surface area contributed by atoms with Gasteiger partial charge in [-0.3, -0.25) is 0 Å². The molecule has 1 rings (SSSR count). The molecule has 0 unspecified atom stereocenters. The van der Waals surface area contributed by atoms with Gasteiger partial charge < -0.3 is 9.47 Å². The van der Waals surface area contributed by atoms with Gasteiger partial charge in [-0.2, -0.15) is 0 Å². The van der Waals surface area contributed by atoms with Crippen LogP contribution in [0, 0.1) is 0 Å². The maximum absolute atomic E-state index is 11.4. The number of benzene rings is 1. The van der Waals surface area contributed by atoms with Crippen molar-refractivity contribution in [1.29, 1.82) is 0 Å². The predicted octanol–water partition coefficient (Wildman–Crippen LogP) is 8.12. The fourth-order valence-electron chi connectivity index (χ4n) is 3.64. The van der Waals surface area contributed by atoms with Gasteiger partial charge in [-0.05, 0) is 36.6 Å². The van der Waals surface area contributed by atoms with Gasteiger partial charge in [0.05, 0.1) is 13.7 Å². The molecule has 0 heterocycles. The lowest BCUT2D eigenvalue weighted by atomic mass is 10.0. The Kier molecular flexibility index (Phi) is 15.8. The third kappa shape index (κ3) is 13.5. The third-order valence-electron chi connectivity index (χ3n) is 5.59. The average Bonchev–Trinajstić information content (AvgIpc) is 2.76. The second kappa shape index (κ2) is 18.0. The molecule has 0 aliphatic heterocycles. The van der Waals surface area contributed by atoms with Crippen molar-refractivity contribution < 1.29 is 14.3 Å². The fraction of sp³-hybridized carbons (Fsp3) is 0.667. The summed E-state index contributed by atoms with van der Waals surface area (Å²) in [6.45, 7) is 4.94. The third-order valence-corrected chi connectivity index (χ3v) is 5.59. The van der Waals surface area contributed by atoms with Crippen LogP contribution in [-0.4, -0.2) is 19.7 Å². The second-order valence-corrected chi connectivity index (χ2v) is 8.32. The predicted molar refractivity (Wildman–Crippen MR) is 128 cm³/mol. The lowest BCUT2D eigenvalue weighted by molar-refractivity contribution is -0.134. The summed E-state index contributed by atoms with van der Waals surface area (Å²) in [5.41, 5.74) is 1.86. The Morgan fingerprint density at radius 1 is 0.833 bits per heavy atom. The molecule has 0 aromatic heterocycles. The van der Waals surface area contributed by atoms with Gasteiger partial charge >= 0.3 is 5.97 Å². The number of ether oxygens (including phenoxy) is 2. The van der Waals surface area contributed by atoms with Gasteiger partial charge in [0.25, 0.3) is 0 Å². The molecule has 1 aromatic carbocycles. The summed E-state index contributed by atoms with van der Waals surface area (Å²) in [6.07, 6.45) is 20.6. The molecule has 3 heteroatoms. The van der Waals surface area contributed by atoms with Crippen LogP contribution in [0.1, 0.15) is 109 Å². The van der Waals surface area contributed by atoms with E-state index >= 15 is 0 Å². The SMILES string of the molecule is CCCCCCCCCCCCCCCCOc1cccc(C(C)=CC(=O)OC)c1. The lowest BCUT2D eigenvalue weighted by Crippen LogP contribution is -1.98.